The van der Waals surface area contributed by atoms with Crippen LogP contribution in [0.5, 0.6) is 0 Å². The van der Waals surface area contributed by atoms with Crippen molar-refractivity contribution >= 4 is 52.3 Å². The minimum absolute atomic E-state index is 0.0581. The number of nitrogens with zero attached hydrogens (tertiary/aromatic N) is 2. The molecule has 0 spiro atoms. The van der Waals surface area contributed by atoms with Crippen LogP contribution in [0.4, 0.5) is 5.69 Å². The first-order valence-corrected chi connectivity index (χ1v) is 8.98. The molecule has 1 aromatic heterocycles. The lowest BCUT2D eigenvalue weighted by Gasteiger charge is -2.10. The van der Waals surface area contributed by atoms with Gasteiger partial charge in [0.2, 0.25) is 5.91 Å². The van der Waals surface area contributed by atoms with Crippen LogP contribution < -0.4 is 10.6 Å². The van der Waals surface area contributed by atoms with Crippen LogP contribution in [0.2, 0.25) is 0 Å². The Morgan fingerprint density at radius 3 is 2.61 bits per heavy atom. The van der Waals surface area contributed by atoms with E-state index in [2.05, 4.69) is 19.4 Å². The predicted molar refractivity (Wildman–Crippen MR) is 105 cm³/mol. The molecule has 9 heteroatoms. The molecular weight excluding hydrogens is 380 g/mol. The van der Waals surface area contributed by atoms with Crippen LogP contribution in [0.15, 0.2) is 54.2 Å². The Labute approximate surface area is 164 Å². The molecule has 0 saturated heterocycles. The van der Waals surface area contributed by atoms with Crippen LogP contribution >= 0.6 is 11.7 Å². The van der Waals surface area contributed by atoms with Gasteiger partial charge in [0, 0.05) is 6.92 Å². The SMILES string of the molecule is CC(=O)N/C(=C\c1ccccc1)C(=O)OCC(=O)Nc1cccc2nsnc12. The monoisotopic (exact) mass is 396 g/mol. The number of aromatic nitrogens is 2. The van der Waals surface area contributed by atoms with E-state index in [0.29, 0.717) is 22.3 Å². The standard InChI is InChI=1S/C19H16N4O4S/c1-12(24)20-16(10-13-6-3-2-4-7-13)19(26)27-11-17(25)21-14-8-5-9-15-18(14)23-28-22-15/h2-10H,11H2,1H3,(H,20,24)(H,21,25)/b16-10-. The second-order valence-electron chi connectivity index (χ2n) is 5.71. The minimum atomic E-state index is -0.817. The summed E-state index contributed by atoms with van der Waals surface area (Å²) in [6, 6.07) is 14.2. The van der Waals surface area contributed by atoms with Crippen molar-refractivity contribution in [1.29, 1.82) is 0 Å². The number of anilines is 1. The van der Waals surface area contributed by atoms with Gasteiger partial charge in [-0.2, -0.15) is 8.75 Å². The molecule has 0 aliphatic rings. The number of nitrogens with one attached hydrogen (secondary N) is 2. The summed E-state index contributed by atoms with van der Waals surface area (Å²) in [5.41, 5.74) is 2.36. The number of fused-ring (bicyclic) bond motifs is 1. The van der Waals surface area contributed by atoms with Gasteiger partial charge in [-0.25, -0.2) is 4.79 Å². The molecule has 0 saturated carbocycles. The highest BCUT2D eigenvalue weighted by atomic mass is 32.1. The van der Waals surface area contributed by atoms with Crippen LogP contribution in [0.25, 0.3) is 17.1 Å². The molecule has 0 unspecified atom stereocenters. The van der Waals surface area contributed by atoms with Crippen LogP contribution in [-0.2, 0) is 19.1 Å². The van der Waals surface area contributed by atoms with Gasteiger partial charge in [0.25, 0.3) is 5.91 Å². The summed E-state index contributed by atoms with van der Waals surface area (Å²) in [6.45, 7) is 0.764. The molecular formula is C19H16N4O4S. The molecule has 3 aromatic rings. The van der Waals surface area contributed by atoms with Gasteiger partial charge in [-0.15, -0.1) is 0 Å². The van der Waals surface area contributed by atoms with Crippen molar-refractivity contribution in [3.05, 3.63) is 59.8 Å². The number of rotatable bonds is 6. The van der Waals surface area contributed by atoms with Crippen molar-refractivity contribution in [2.24, 2.45) is 0 Å². The van der Waals surface area contributed by atoms with Gasteiger partial charge >= 0.3 is 5.97 Å². The Morgan fingerprint density at radius 2 is 1.86 bits per heavy atom. The number of carbonyl (C=O) groups excluding carboxylic acids is 3. The summed E-state index contributed by atoms with van der Waals surface area (Å²) in [4.78, 5) is 35.8. The van der Waals surface area contributed by atoms with Crippen LogP contribution in [0, 0.1) is 0 Å². The van der Waals surface area contributed by atoms with E-state index in [9.17, 15) is 14.4 Å². The van der Waals surface area contributed by atoms with Gasteiger partial charge < -0.3 is 15.4 Å². The van der Waals surface area contributed by atoms with Crippen molar-refractivity contribution in [1.82, 2.24) is 14.1 Å². The third-order valence-electron chi connectivity index (χ3n) is 3.54. The number of hydrogen-bond donors (Lipinski definition) is 2. The maximum Gasteiger partial charge on any atom is 0.355 e. The third-order valence-corrected chi connectivity index (χ3v) is 4.08. The maximum atomic E-state index is 12.3. The van der Waals surface area contributed by atoms with E-state index >= 15 is 0 Å². The topological polar surface area (TPSA) is 110 Å². The van der Waals surface area contributed by atoms with Gasteiger partial charge in [0.05, 0.1) is 17.4 Å². The molecule has 2 N–H and O–H groups in total. The van der Waals surface area contributed by atoms with Crippen molar-refractivity contribution in [3.63, 3.8) is 0 Å². The number of benzene rings is 2. The molecule has 28 heavy (non-hydrogen) atoms. The highest BCUT2D eigenvalue weighted by Crippen LogP contribution is 2.20. The maximum absolute atomic E-state index is 12.3. The largest absolute Gasteiger partial charge is 0.451 e. The van der Waals surface area contributed by atoms with Crippen molar-refractivity contribution in [2.75, 3.05) is 11.9 Å². The van der Waals surface area contributed by atoms with Crippen molar-refractivity contribution < 1.29 is 19.1 Å². The van der Waals surface area contributed by atoms with E-state index in [0.717, 1.165) is 11.7 Å². The molecule has 0 atom stereocenters. The normalized spacial score (nSPS) is 11.1. The molecule has 2 amide bonds. The summed E-state index contributed by atoms with van der Waals surface area (Å²) in [5, 5.41) is 5.06. The summed E-state index contributed by atoms with van der Waals surface area (Å²) >= 11 is 1.04. The van der Waals surface area contributed by atoms with Gasteiger partial charge in [-0.05, 0) is 23.8 Å². The van der Waals surface area contributed by atoms with Gasteiger partial charge in [-0.3, -0.25) is 9.59 Å². The first kappa shape index (κ1) is 19.2. The second kappa shape index (κ2) is 8.87. The lowest BCUT2D eigenvalue weighted by atomic mass is 10.2. The Morgan fingerprint density at radius 1 is 1.07 bits per heavy atom. The quantitative estimate of drug-likeness (QED) is 0.489. The Balaban J connectivity index is 1.65. The van der Waals surface area contributed by atoms with Gasteiger partial charge in [0.15, 0.2) is 6.61 Å². The average molecular weight is 396 g/mol. The lowest BCUT2D eigenvalue weighted by Crippen LogP contribution is -2.28. The Bertz CT molecular complexity index is 1050. The predicted octanol–water partition coefficient (Wildman–Crippen LogP) is 2.35. The van der Waals surface area contributed by atoms with E-state index in [1.54, 1.807) is 42.5 Å². The van der Waals surface area contributed by atoms with Crippen molar-refractivity contribution in [2.45, 2.75) is 6.92 Å². The minimum Gasteiger partial charge on any atom is -0.451 e. The fourth-order valence-electron chi connectivity index (χ4n) is 2.35. The molecule has 0 aliphatic carbocycles. The van der Waals surface area contributed by atoms with Crippen LogP contribution in [0.3, 0.4) is 0 Å². The molecule has 142 valence electrons. The molecule has 0 bridgehead atoms. The van der Waals surface area contributed by atoms with E-state index in [1.807, 2.05) is 6.07 Å². The van der Waals surface area contributed by atoms with Crippen LogP contribution in [0.1, 0.15) is 12.5 Å². The number of amides is 2. The Kier molecular flexibility index (Phi) is 6.07. The zero-order chi connectivity index (χ0) is 19.9. The van der Waals surface area contributed by atoms with Crippen LogP contribution in [-0.4, -0.2) is 33.1 Å². The number of ether oxygens (including phenoxy) is 1. The first-order chi connectivity index (χ1) is 13.5. The number of hydrogen-bond acceptors (Lipinski definition) is 7. The fraction of sp³-hybridized carbons (Fsp3) is 0.105. The second-order valence-corrected chi connectivity index (χ2v) is 6.24. The van der Waals surface area contributed by atoms with Gasteiger partial charge in [-0.1, -0.05) is 36.4 Å². The highest BCUT2D eigenvalue weighted by molar-refractivity contribution is 7.00. The smallest absolute Gasteiger partial charge is 0.355 e. The van der Waals surface area contributed by atoms with E-state index < -0.39 is 24.4 Å². The fourth-order valence-corrected chi connectivity index (χ4v) is 2.90. The number of esters is 1. The molecule has 8 nitrogen and oxygen atoms in total. The Hall–Kier alpha value is -3.59. The molecule has 1 heterocycles. The van der Waals surface area contributed by atoms with Gasteiger partial charge in [0.1, 0.15) is 16.7 Å². The zero-order valence-corrected chi connectivity index (χ0v) is 15.7. The lowest BCUT2D eigenvalue weighted by molar-refractivity contribution is -0.144. The highest BCUT2D eigenvalue weighted by Gasteiger charge is 2.16. The summed E-state index contributed by atoms with van der Waals surface area (Å²) < 4.78 is 13.3. The molecule has 2 aromatic carbocycles. The molecule has 3 rings (SSSR count). The zero-order valence-electron chi connectivity index (χ0n) is 14.8. The summed E-state index contributed by atoms with van der Waals surface area (Å²) in [6.07, 6.45) is 1.48. The van der Waals surface area contributed by atoms with E-state index in [1.165, 1.54) is 13.0 Å². The average Bonchev–Trinajstić information content (AvgIpc) is 3.16. The van der Waals surface area contributed by atoms with Crippen molar-refractivity contribution in [3.8, 4) is 0 Å². The molecule has 0 aliphatic heterocycles. The van der Waals surface area contributed by atoms with E-state index in [4.69, 9.17) is 4.74 Å². The summed E-state index contributed by atoms with van der Waals surface area (Å²) in [5.74, 6) is -1.77. The molecule has 0 fully saturated rings. The first-order valence-electron chi connectivity index (χ1n) is 8.25. The third kappa shape index (κ3) is 4.98. The summed E-state index contributed by atoms with van der Waals surface area (Å²) in [7, 11) is 0. The number of carbonyl (C=O) groups is 3. The van der Waals surface area contributed by atoms with E-state index in [-0.39, 0.29) is 5.70 Å². The molecule has 0 radical (unpaired) electrons.